The number of pyridine rings is 1. The lowest BCUT2D eigenvalue weighted by Gasteiger charge is -2.34. The van der Waals surface area contributed by atoms with E-state index in [-0.39, 0.29) is 12.1 Å². The van der Waals surface area contributed by atoms with Crippen LogP contribution < -0.4 is 0 Å². The Hall–Kier alpha value is -3.43. The zero-order valence-electron chi connectivity index (χ0n) is 17.0. The first-order valence-electron chi connectivity index (χ1n) is 9.69. The number of aliphatic hydroxyl groups is 1. The van der Waals surface area contributed by atoms with E-state index in [0.29, 0.717) is 10.7 Å². The molecule has 32 heavy (non-hydrogen) atoms. The first kappa shape index (κ1) is 21.8. The molecule has 164 valence electrons. The van der Waals surface area contributed by atoms with Crippen molar-refractivity contribution >= 4 is 23.8 Å². The molecule has 0 saturated heterocycles. The molecule has 2 atom stereocenters. The molecule has 1 N–H and O–H groups in total. The van der Waals surface area contributed by atoms with Crippen molar-refractivity contribution in [1.29, 1.82) is 0 Å². The second-order valence-corrected chi connectivity index (χ2v) is 7.74. The maximum atomic E-state index is 14.7. The summed E-state index contributed by atoms with van der Waals surface area (Å²) in [5, 5.41) is 20.5. The van der Waals surface area contributed by atoms with E-state index in [1.165, 1.54) is 28.1 Å². The maximum absolute atomic E-state index is 14.7. The Kier molecular flexibility index (Phi) is 6.11. The molecule has 3 heterocycles. The van der Waals surface area contributed by atoms with Crippen LogP contribution in [0.2, 0.25) is 5.02 Å². The minimum Gasteiger partial charge on any atom is -0.381 e. The number of hydrogen-bond donors (Lipinski definition) is 1. The van der Waals surface area contributed by atoms with E-state index < -0.39 is 23.3 Å². The molecule has 0 spiro atoms. The molecule has 0 radical (unpaired) electrons. The van der Waals surface area contributed by atoms with Crippen LogP contribution in [-0.4, -0.2) is 34.6 Å². The topological polar surface area (TPSA) is 81.6 Å². The van der Waals surface area contributed by atoms with Crippen LogP contribution in [0.3, 0.4) is 0 Å². The van der Waals surface area contributed by atoms with E-state index in [9.17, 15) is 13.9 Å². The molecule has 7 nitrogen and oxygen atoms in total. The summed E-state index contributed by atoms with van der Waals surface area (Å²) in [4.78, 5) is 8.07. The predicted octanol–water partition coefficient (Wildman–Crippen LogP) is 4.12. The van der Waals surface area contributed by atoms with Gasteiger partial charge < -0.3 is 5.11 Å². The molecule has 0 unspecified atom stereocenters. The monoisotopic (exact) mass is 456 g/mol. The molecular formula is C22H19ClF2N6O. The van der Waals surface area contributed by atoms with Crippen molar-refractivity contribution in [2.24, 2.45) is 0 Å². The van der Waals surface area contributed by atoms with Gasteiger partial charge in [-0.1, -0.05) is 17.7 Å². The molecule has 3 aromatic heterocycles. The van der Waals surface area contributed by atoms with Gasteiger partial charge in [-0.15, -0.1) is 0 Å². The minimum atomic E-state index is -1.80. The van der Waals surface area contributed by atoms with Crippen LogP contribution in [0.1, 0.15) is 29.8 Å². The Morgan fingerprint density at radius 3 is 2.69 bits per heavy atom. The third-order valence-electron chi connectivity index (χ3n) is 5.17. The van der Waals surface area contributed by atoms with Crippen molar-refractivity contribution in [1.82, 2.24) is 29.5 Å². The Morgan fingerprint density at radius 2 is 2.00 bits per heavy atom. The normalized spacial score (nSPS) is 14.5. The molecule has 0 aliphatic carbocycles. The van der Waals surface area contributed by atoms with Gasteiger partial charge in [-0.3, -0.25) is 9.67 Å². The fraction of sp³-hybridized carbons (Fsp3) is 0.182. The summed E-state index contributed by atoms with van der Waals surface area (Å²) in [5.41, 5.74) is -0.404. The van der Waals surface area contributed by atoms with Gasteiger partial charge in [-0.25, -0.2) is 18.4 Å². The highest BCUT2D eigenvalue weighted by Crippen LogP contribution is 2.36. The highest BCUT2D eigenvalue weighted by molar-refractivity contribution is 6.30. The molecule has 4 rings (SSSR count). The molecule has 0 amide bonds. The van der Waals surface area contributed by atoms with E-state index in [1.54, 1.807) is 49.8 Å². The van der Waals surface area contributed by atoms with Gasteiger partial charge in [0.15, 0.2) is 0 Å². The van der Waals surface area contributed by atoms with Gasteiger partial charge in [0.2, 0.25) is 0 Å². The van der Waals surface area contributed by atoms with Crippen LogP contribution in [0.25, 0.3) is 12.2 Å². The summed E-state index contributed by atoms with van der Waals surface area (Å²) in [6.07, 6.45) is 11.2. The number of aromatic nitrogens is 6. The minimum absolute atomic E-state index is 0.0696. The quantitative estimate of drug-likeness (QED) is 0.452. The molecule has 0 aliphatic heterocycles. The molecular weight excluding hydrogens is 438 g/mol. The zero-order chi connectivity index (χ0) is 22.7. The average Bonchev–Trinajstić information content (AvgIpc) is 3.44. The molecule has 0 bridgehead atoms. The van der Waals surface area contributed by atoms with E-state index in [0.717, 1.165) is 17.7 Å². The fourth-order valence-corrected chi connectivity index (χ4v) is 3.49. The third-order valence-corrected chi connectivity index (χ3v) is 5.40. The Balaban J connectivity index is 1.65. The van der Waals surface area contributed by atoms with Crippen molar-refractivity contribution in [3.05, 3.63) is 95.1 Å². The van der Waals surface area contributed by atoms with E-state index in [1.807, 2.05) is 0 Å². The summed E-state index contributed by atoms with van der Waals surface area (Å²) in [7, 11) is 0. The summed E-state index contributed by atoms with van der Waals surface area (Å²) < 4.78 is 31.1. The Labute approximate surface area is 187 Å². The van der Waals surface area contributed by atoms with Crippen molar-refractivity contribution in [2.75, 3.05) is 0 Å². The van der Waals surface area contributed by atoms with Crippen molar-refractivity contribution in [3.63, 3.8) is 0 Å². The van der Waals surface area contributed by atoms with Crippen LogP contribution in [0, 0.1) is 11.6 Å². The highest BCUT2D eigenvalue weighted by atomic mass is 35.5. The van der Waals surface area contributed by atoms with Gasteiger partial charge in [0.25, 0.3) is 0 Å². The van der Waals surface area contributed by atoms with Crippen LogP contribution >= 0.6 is 11.6 Å². The van der Waals surface area contributed by atoms with Gasteiger partial charge in [0, 0.05) is 29.6 Å². The van der Waals surface area contributed by atoms with Gasteiger partial charge in [-0.05, 0) is 37.3 Å². The van der Waals surface area contributed by atoms with Crippen molar-refractivity contribution in [2.45, 2.75) is 25.1 Å². The summed E-state index contributed by atoms with van der Waals surface area (Å²) >= 11 is 5.85. The number of halogens is 3. The molecule has 0 aliphatic rings. The van der Waals surface area contributed by atoms with Crippen LogP contribution in [0.15, 0.2) is 61.6 Å². The summed E-state index contributed by atoms with van der Waals surface area (Å²) in [6, 6.07) is 5.86. The lowest BCUT2D eigenvalue weighted by Crippen LogP contribution is -2.40. The number of benzene rings is 1. The lowest BCUT2D eigenvalue weighted by molar-refractivity contribution is -0.0369. The van der Waals surface area contributed by atoms with E-state index in [2.05, 4.69) is 20.2 Å². The largest absolute Gasteiger partial charge is 0.381 e. The molecule has 0 fully saturated rings. The molecule has 1 aromatic carbocycles. The summed E-state index contributed by atoms with van der Waals surface area (Å²) in [5.74, 6) is -1.59. The lowest BCUT2D eigenvalue weighted by atomic mass is 9.86. The Morgan fingerprint density at radius 1 is 1.16 bits per heavy atom. The average molecular weight is 457 g/mol. The molecule has 10 heteroatoms. The number of nitrogens with zero attached hydrogens (tertiary/aromatic N) is 6. The SMILES string of the molecule is C[C@@H](n1cc(C=Cc2ccc(Cl)cn2)cn1)[C@](O)(Cn1cncn1)c1ccc(F)cc1F. The van der Waals surface area contributed by atoms with Crippen molar-refractivity contribution in [3.8, 4) is 0 Å². The van der Waals surface area contributed by atoms with Crippen LogP contribution in [0.5, 0.6) is 0 Å². The number of hydrogen-bond acceptors (Lipinski definition) is 5. The standard InChI is InChI=1S/C22H19ClF2N6O/c1-15(31-11-16(9-28-31)2-5-19-6-3-17(23)10-27-19)22(32,12-30-14-26-13-29-30)20-7-4-18(24)8-21(20)25/h2-11,13-15,32H,12H2,1H3/t15-,22-/m1/s1. The third kappa shape index (κ3) is 4.58. The molecule has 4 aromatic rings. The van der Waals surface area contributed by atoms with E-state index in [4.69, 9.17) is 11.6 Å². The predicted molar refractivity (Wildman–Crippen MR) is 115 cm³/mol. The van der Waals surface area contributed by atoms with Gasteiger partial charge in [0.1, 0.15) is 29.9 Å². The van der Waals surface area contributed by atoms with Crippen molar-refractivity contribution < 1.29 is 13.9 Å². The van der Waals surface area contributed by atoms with Gasteiger partial charge in [-0.2, -0.15) is 10.2 Å². The first-order valence-corrected chi connectivity index (χ1v) is 10.1. The fourth-order valence-electron chi connectivity index (χ4n) is 3.38. The van der Waals surface area contributed by atoms with Crippen LogP contribution in [-0.2, 0) is 12.1 Å². The Bertz CT molecular complexity index is 1230. The van der Waals surface area contributed by atoms with Gasteiger partial charge >= 0.3 is 0 Å². The van der Waals surface area contributed by atoms with Crippen LogP contribution in [0.4, 0.5) is 8.78 Å². The maximum Gasteiger partial charge on any atom is 0.137 e. The summed E-state index contributed by atoms with van der Waals surface area (Å²) in [6.45, 7) is 1.58. The molecule has 0 saturated carbocycles. The van der Waals surface area contributed by atoms with E-state index >= 15 is 0 Å². The number of rotatable bonds is 7. The van der Waals surface area contributed by atoms with Gasteiger partial charge in [0.05, 0.1) is 29.5 Å². The smallest absolute Gasteiger partial charge is 0.137 e. The zero-order valence-corrected chi connectivity index (χ0v) is 17.7. The first-order chi connectivity index (χ1) is 15.3. The highest BCUT2D eigenvalue weighted by Gasteiger charge is 2.40. The second-order valence-electron chi connectivity index (χ2n) is 7.31. The second kappa shape index (κ2) is 8.97.